The first-order chi connectivity index (χ1) is 14.1. The van der Waals surface area contributed by atoms with Gasteiger partial charge in [-0.15, -0.1) is 0 Å². The van der Waals surface area contributed by atoms with Gasteiger partial charge in [-0.3, -0.25) is 4.79 Å². The molecule has 0 fully saturated rings. The summed E-state index contributed by atoms with van der Waals surface area (Å²) < 4.78 is 4.67. The van der Waals surface area contributed by atoms with Crippen LogP contribution in [0.4, 0.5) is 11.4 Å². The molecule has 0 aliphatic carbocycles. The Morgan fingerprint density at radius 1 is 1.00 bits per heavy atom. The predicted octanol–water partition coefficient (Wildman–Crippen LogP) is 3.68. The van der Waals surface area contributed by atoms with Crippen molar-refractivity contribution in [2.24, 2.45) is 0 Å². The van der Waals surface area contributed by atoms with Crippen molar-refractivity contribution >= 4 is 23.3 Å². The summed E-state index contributed by atoms with van der Waals surface area (Å²) in [6, 6.07) is 18.6. The summed E-state index contributed by atoms with van der Waals surface area (Å²) in [5.41, 5.74) is 5.07. The molecule has 1 amide bonds. The number of aromatic nitrogens is 1. The summed E-state index contributed by atoms with van der Waals surface area (Å²) in [5.74, 6) is -0.716. The number of amides is 1. The third-order valence-electron chi connectivity index (χ3n) is 5.04. The van der Waals surface area contributed by atoms with E-state index in [4.69, 9.17) is 0 Å². The quantitative estimate of drug-likeness (QED) is 0.692. The lowest BCUT2D eigenvalue weighted by Gasteiger charge is -2.30. The smallest absolute Gasteiger partial charge is 0.337 e. The molecule has 1 aromatic heterocycles. The van der Waals surface area contributed by atoms with Crippen molar-refractivity contribution in [3.63, 3.8) is 0 Å². The number of methoxy groups -OCH3 is 1. The third-order valence-corrected chi connectivity index (χ3v) is 5.04. The molecule has 6 nitrogen and oxygen atoms in total. The molecule has 2 aromatic carbocycles. The first-order valence-corrected chi connectivity index (χ1v) is 9.41. The van der Waals surface area contributed by atoms with Crippen LogP contribution in [-0.4, -0.2) is 30.5 Å². The van der Waals surface area contributed by atoms with Crippen molar-refractivity contribution in [2.45, 2.75) is 13.0 Å². The van der Waals surface area contributed by atoms with Gasteiger partial charge in [0.15, 0.2) is 0 Å². The zero-order chi connectivity index (χ0) is 20.2. The molecule has 29 heavy (non-hydrogen) atoms. The molecule has 3 aromatic rings. The van der Waals surface area contributed by atoms with E-state index < -0.39 is 5.97 Å². The van der Waals surface area contributed by atoms with Crippen LogP contribution in [-0.2, 0) is 17.7 Å². The number of ether oxygens (including phenoxy) is 1. The molecule has 0 spiro atoms. The number of carbonyl (C=O) groups is 2. The topological polar surface area (TPSA) is 71.5 Å². The summed E-state index contributed by atoms with van der Waals surface area (Å²) in [4.78, 5) is 30.5. The van der Waals surface area contributed by atoms with Gasteiger partial charge in [-0.25, -0.2) is 9.78 Å². The van der Waals surface area contributed by atoms with Crippen molar-refractivity contribution in [3.05, 3.63) is 89.2 Å². The largest absolute Gasteiger partial charge is 0.465 e. The molecule has 0 unspecified atom stereocenters. The standard InChI is InChI=1S/C23H21N3O3/c1-29-23(28)17-6-8-19(9-7-17)25-22(27)21-11-10-20(14-24-21)26-13-12-16-4-2-3-5-18(16)15-26/h2-11,14H,12-13,15H2,1H3,(H,25,27). The molecule has 1 aliphatic heterocycles. The van der Waals surface area contributed by atoms with Gasteiger partial charge in [-0.05, 0) is 53.9 Å². The Labute approximate surface area is 169 Å². The van der Waals surface area contributed by atoms with Crippen LogP contribution < -0.4 is 10.2 Å². The highest BCUT2D eigenvalue weighted by atomic mass is 16.5. The minimum atomic E-state index is -0.416. The summed E-state index contributed by atoms with van der Waals surface area (Å²) in [5, 5.41) is 2.79. The number of benzene rings is 2. The molecule has 0 saturated carbocycles. The SMILES string of the molecule is COC(=O)c1ccc(NC(=O)c2ccc(N3CCc4ccccc4C3)cn2)cc1. The number of pyridine rings is 1. The summed E-state index contributed by atoms with van der Waals surface area (Å²) in [6.07, 6.45) is 2.74. The van der Waals surface area contributed by atoms with Gasteiger partial charge in [0.2, 0.25) is 0 Å². The van der Waals surface area contributed by atoms with Gasteiger partial charge in [0.1, 0.15) is 5.69 Å². The number of nitrogens with zero attached hydrogens (tertiary/aromatic N) is 2. The predicted molar refractivity (Wildman–Crippen MR) is 111 cm³/mol. The molecule has 0 saturated heterocycles. The molecule has 6 heteroatoms. The van der Waals surface area contributed by atoms with Gasteiger partial charge in [-0.2, -0.15) is 0 Å². The number of anilines is 2. The van der Waals surface area contributed by atoms with E-state index in [2.05, 4.69) is 44.2 Å². The molecule has 4 rings (SSSR count). The van der Waals surface area contributed by atoms with Gasteiger partial charge in [0.05, 0.1) is 24.6 Å². The fraction of sp³-hybridized carbons (Fsp3) is 0.174. The molecular formula is C23H21N3O3. The van der Waals surface area contributed by atoms with Crippen molar-refractivity contribution in [1.82, 2.24) is 4.98 Å². The Kier molecular flexibility index (Phi) is 5.24. The molecule has 2 heterocycles. The van der Waals surface area contributed by atoms with E-state index >= 15 is 0 Å². The molecule has 1 aliphatic rings. The van der Waals surface area contributed by atoms with Crippen molar-refractivity contribution in [1.29, 1.82) is 0 Å². The second-order valence-electron chi connectivity index (χ2n) is 6.86. The van der Waals surface area contributed by atoms with E-state index in [0.29, 0.717) is 16.9 Å². The van der Waals surface area contributed by atoms with E-state index in [0.717, 1.165) is 25.2 Å². The molecule has 146 valence electrons. The van der Waals surface area contributed by atoms with Crippen LogP contribution in [0.3, 0.4) is 0 Å². The number of hydrogen-bond acceptors (Lipinski definition) is 5. The molecule has 0 atom stereocenters. The van der Waals surface area contributed by atoms with Crippen molar-refractivity contribution in [3.8, 4) is 0 Å². The number of nitrogens with one attached hydrogen (secondary N) is 1. The van der Waals surface area contributed by atoms with Gasteiger partial charge in [0.25, 0.3) is 5.91 Å². The Morgan fingerprint density at radius 3 is 2.45 bits per heavy atom. The highest BCUT2D eigenvalue weighted by Gasteiger charge is 2.17. The number of fused-ring (bicyclic) bond motifs is 1. The van der Waals surface area contributed by atoms with Gasteiger partial charge in [0, 0.05) is 18.8 Å². The number of esters is 1. The normalized spacial score (nSPS) is 12.8. The lowest BCUT2D eigenvalue weighted by atomic mass is 10.00. The fourth-order valence-corrected chi connectivity index (χ4v) is 3.43. The van der Waals surface area contributed by atoms with Crippen LogP contribution in [0.1, 0.15) is 32.0 Å². The molecular weight excluding hydrogens is 366 g/mol. The number of rotatable bonds is 4. The second kappa shape index (κ2) is 8.14. The highest BCUT2D eigenvalue weighted by Crippen LogP contribution is 2.24. The summed E-state index contributed by atoms with van der Waals surface area (Å²) in [6.45, 7) is 1.77. The van der Waals surface area contributed by atoms with Crippen LogP contribution in [0.25, 0.3) is 0 Å². The lowest BCUT2D eigenvalue weighted by molar-refractivity contribution is 0.0600. The maximum atomic E-state index is 12.5. The monoisotopic (exact) mass is 387 g/mol. The fourth-order valence-electron chi connectivity index (χ4n) is 3.43. The minimum Gasteiger partial charge on any atom is -0.465 e. The van der Waals surface area contributed by atoms with E-state index in [1.165, 1.54) is 18.2 Å². The Balaban J connectivity index is 1.41. The summed E-state index contributed by atoms with van der Waals surface area (Å²) >= 11 is 0. The molecule has 1 N–H and O–H groups in total. The Hall–Kier alpha value is -3.67. The van der Waals surface area contributed by atoms with Crippen LogP contribution in [0.2, 0.25) is 0 Å². The molecule has 0 radical (unpaired) electrons. The van der Waals surface area contributed by atoms with Crippen LogP contribution >= 0.6 is 0 Å². The average molecular weight is 387 g/mol. The second-order valence-corrected chi connectivity index (χ2v) is 6.86. The first kappa shape index (κ1) is 18.7. The van der Waals surface area contributed by atoms with E-state index in [1.807, 2.05) is 6.07 Å². The highest BCUT2D eigenvalue weighted by molar-refractivity contribution is 6.03. The van der Waals surface area contributed by atoms with Gasteiger partial charge >= 0.3 is 5.97 Å². The molecule has 0 bridgehead atoms. The van der Waals surface area contributed by atoms with Gasteiger partial charge < -0.3 is 15.0 Å². The van der Waals surface area contributed by atoms with E-state index in [9.17, 15) is 9.59 Å². The average Bonchev–Trinajstić information content (AvgIpc) is 2.79. The van der Waals surface area contributed by atoms with E-state index in [-0.39, 0.29) is 5.91 Å². The van der Waals surface area contributed by atoms with Crippen molar-refractivity contribution < 1.29 is 14.3 Å². The third kappa shape index (κ3) is 4.11. The Bertz CT molecular complexity index is 1030. The minimum absolute atomic E-state index is 0.300. The maximum Gasteiger partial charge on any atom is 0.337 e. The van der Waals surface area contributed by atoms with Gasteiger partial charge in [-0.1, -0.05) is 24.3 Å². The zero-order valence-electron chi connectivity index (χ0n) is 16.1. The zero-order valence-corrected chi connectivity index (χ0v) is 16.1. The number of hydrogen-bond donors (Lipinski definition) is 1. The maximum absolute atomic E-state index is 12.5. The van der Waals surface area contributed by atoms with Crippen LogP contribution in [0, 0.1) is 0 Å². The van der Waals surface area contributed by atoms with Crippen LogP contribution in [0.5, 0.6) is 0 Å². The van der Waals surface area contributed by atoms with Crippen molar-refractivity contribution in [2.75, 3.05) is 23.9 Å². The number of carbonyl (C=O) groups excluding carboxylic acids is 2. The Morgan fingerprint density at radius 2 is 1.76 bits per heavy atom. The lowest BCUT2D eigenvalue weighted by Crippen LogP contribution is -2.30. The first-order valence-electron chi connectivity index (χ1n) is 9.41. The van der Waals surface area contributed by atoms with E-state index in [1.54, 1.807) is 36.5 Å². The van der Waals surface area contributed by atoms with Crippen LogP contribution in [0.15, 0.2) is 66.9 Å². The summed E-state index contributed by atoms with van der Waals surface area (Å²) in [7, 11) is 1.33.